The van der Waals surface area contributed by atoms with Gasteiger partial charge in [-0.05, 0) is 24.3 Å². The van der Waals surface area contributed by atoms with Crippen molar-refractivity contribution < 1.29 is 4.42 Å². The summed E-state index contributed by atoms with van der Waals surface area (Å²) in [5.41, 5.74) is 33.2. The van der Waals surface area contributed by atoms with Crippen LogP contribution in [0, 0.1) is 0 Å². The van der Waals surface area contributed by atoms with Crippen molar-refractivity contribution >= 4 is 45.9 Å². The van der Waals surface area contributed by atoms with Gasteiger partial charge in [-0.15, -0.1) is 0 Å². The summed E-state index contributed by atoms with van der Waals surface area (Å²) in [5.74, 6) is 7.99. The summed E-state index contributed by atoms with van der Waals surface area (Å²) in [5, 5.41) is 1.60. The van der Waals surface area contributed by atoms with Crippen LogP contribution in [0.15, 0.2) is 46.6 Å². The summed E-state index contributed by atoms with van der Waals surface area (Å²) < 4.78 is 5.94. The molecule has 28 heavy (non-hydrogen) atoms. The number of hydrogen-bond acceptors (Lipinski definition) is 9. The molecule has 0 spiro atoms. The van der Waals surface area contributed by atoms with Crippen molar-refractivity contribution in [2.24, 2.45) is 5.84 Å². The van der Waals surface area contributed by atoms with Gasteiger partial charge in [0.2, 0.25) is 0 Å². The standard InChI is InChI=1S/C19H22N8O/c1-26-10-4-2-3-5-11(10)27(25)13(26)8-9-6-7-12(28-9)14-15(20)17(22)19(24)18(23)16(14)21/h2-8H,20-25H2,1H3/b13-8-. The fourth-order valence-corrected chi connectivity index (χ4v) is 3.33. The van der Waals surface area contributed by atoms with Crippen molar-refractivity contribution in [3.05, 3.63) is 48.0 Å². The van der Waals surface area contributed by atoms with E-state index in [0.717, 1.165) is 17.2 Å². The van der Waals surface area contributed by atoms with E-state index in [2.05, 4.69) is 0 Å². The number of nitrogens with zero attached hydrogens (tertiary/aromatic N) is 2. The molecular formula is C19H22N8O. The van der Waals surface area contributed by atoms with E-state index in [-0.39, 0.29) is 28.4 Å². The molecule has 0 fully saturated rings. The number of furan rings is 1. The molecule has 4 rings (SSSR count). The molecule has 9 nitrogen and oxygen atoms in total. The average Bonchev–Trinajstić information content (AvgIpc) is 3.24. The van der Waals surface area contributed by atoms with Crippen LogP contribution in [0.3, 0.4) is 0 Å². The van der Waals surface area contributed by atoms with E-state index < -0.39 is 0 Å². The Kier molecular flexibility index (Phi) is 3.76. The summed E-state index contributed by atoms with van der Waals surface area (Å²) in [6, 6.07) is 11.4. The maximum absolute atomic E-state index is 6.25. The van der Waals surface area contributed by atoms with Gasteiger partial charge in [-0.25, -0.2) is 5.84 Å². The summed E-state index contributed by atoms with van der Waals surface area (Å²) >= 11 is 0. The first-order valence-corrected chi connectivity index (χ1v) is 8.52. The highest BCUT2D eigenvalue weighted by Crippen LogP contribution is 2.45. The Morgan fingerprint density at radius 3 is 1.96 bits per heavy atom. The second-order valence-electron chi connectivity index (χ2n) is 6.57. The molecule has 0 radical (unpaired) electrons. The summed E-state index contributed by atoms with van der Waals surface area (Å²) in [4.78, 5) is 1.97. The first kappa shape index (κ1) is 17.4. The van der Waals surface area contributed by atoms with Crippen molar-refractivity contribution in [1.82, 2.24) is 0 Å². The number of benzene rings is 2. The molecule has 9 heteroatoms. The van der Waals surface area contributed by atoms with E-state index in [9.17, 15) is 0 Å². The topological polar surface area (TPSA) is 176 Å². The summed E-state index contributed by atoms with van der Waals surface area (Å²) in [6.07, 6.45) is 1.82. The third-order valence-corrected chi connectivity index (χ3v) is 4.94. The second-order valence-corrected chi connectivity index (χ2v) is 6.57. The normalized spacial score (nSPS) is 14.7. The number of hydrazine groups is 1. The number of nitrogens with two attached hydrogens (primary N) is 6. The molecule has 1 aliphatic heterocycles. The third kappa shape index (κ3) is 2.37. The Morgan fingerprint density at radius 2 is 1.36 bits per heavy atom. The lowest BCUT2D eigenvalue weighted by Gasteiger charge is -2.17. The van der Waals surface area contributed by atoms with E-state index in [1.807, 2.05) is 42.3 Å². The van der Waals surface area contributed by atoms with Gasteiger partial charge in [0.25, 0.3) is 0 Å². The molecular weight excluding hydrogens is 356 g/mol. The van der Waals surface area contributed by atoms with Crippen molar-refractivity contribution in [2.45, 2.75) is 0 Å². The lowest BCUT2D eigenvalue weighted by Crippen LogP contribution is -2.31. The van der Waals surface area contributed by atoms with Crippen LogP contribution in [0.1, 0.15) is 5.76 Å². The van der Waals surface area contributed by atoms with Crippen LogP contribution in [-0.4, -0.2) is 7.05 Å². The molecule has 0 atom stereocenters. The monoisotopic (exact) mass is 378 g/mol. The van der Waals surface area contributed by atoms with Crippen LogP contribution < -0.4 is 44.4 Å². The van der Waals surface area contributed by atoms with Gasteiger partial charge in [0, 0.05) is 13.1 Å². The highest BCUT2D eigenvalue weighted by atomic mass is 16.3. The summed E-state index contributed by atoms with van der Waals surface area (Å²) in [7, 11) is 1.93. The fourth-order valence-electron chi connectivity index (χ4n) is 3.33. The lowest BCUT2D eigenvalue weighted by molar-refractivity contribution is 0.571. The van der Waals surface area contributed by atoms with E-state index in [4.69, 9.17) is 38.9 Å². The minimum absolute atomic E-state index is 0.164. The molecule has 0 unspecified atom stereocenters. The van der Waals surface area contributed by atoms with Gasteiger partial charge in [0.05, 0.1) is 45.4 Å². The quantitative estimate of drug-likeness (QED) is 0.287. The van der Waals surface area contributed by atoms with Gasteiger partial charge in [0.15, 0.2) is 0 Å². The first-order valence-electron chi connectivity index (χ1n) is 8.52. The van der Waals surface area contributed by atoms with E-state index in [1.54, 1.807) is 17.1 Å². The van der Waals surface area contributed by atoms with E-state index >= 15 is 0 Å². The maximum atomic E-state index is 6.25. The molecule has 2 heterocycles. The van der Waals surface area contributed by atoms with Crippen molar-refractivity contribution in [3.8, 4) is 11.3 Å². The smallest absolute Gasteiger partial charge is 0.139 e. The molecule has 0 saturated heterocycles. The Hall–Kier alpha value is -3.98. The van der Waals surface area contributed by atoms with Crippen LogP contribution in [-0.2, 0) is 0 Å². The number of nitrogen functional groups attached to an aromatic ring is 5. The van der Waals surface area contributed by atoms with Crippen molar-refractivity contribution in [1.29, 1.82) is 0 Å². The highest BCUT2D eigenvalue weighted by Gasteiger charge is 2.27. The maximum Gasteiger partial charge on any atom is 0.139 e. The molecule has 0 saturated carbocycles. The van der Waals surface area contributed by atoms with Gasteiger partial charge < -0.3 is 38.0 Å². The summed E-state index contributed by atoms with van der Waals surface area (Å²) in [6.45, 7) is 0. The molecule has 144 valence electrons. The number of para-hydroxylation sites is 2. The first-order chi connectivity index (χ1) is 13.3. The predicted octanol–water partition coefficient (Wildman–Crippen LogP) is 1.99. The van der Waals surface area contributed by atoms with Gasteiger partial charge in [-0.2, -0.15) is 0 Å². The Labute approximate surface area is 161 Å². The molecule has 0 bridgehead atoms. The van der Waals surface area contributed by atoms with Crippen LogP contribution in [0.5, 0.6) is 0 Å². The average molecular weight is 378 g/mol. The molecule has 0 amide bonds. The van der Waals surface area contributed by atoms with Crippen molar-refractivity contribution in [3.63, 3.8) is 0 Å². The van der Waals surface area contributed by atoms with Crippen LogP contribution in [0.2, 0.25) is 0 Å². The minimum Gasteiger partial charge on any atom is -0.456 e. The van der Waals surface area contributed by atoms with Crippen LogP contribution >= 0.6 is 0 Å². The highest BCUT2D eigenvalue weighted by molar-refractivity contribution is 6.04. The zero-order valence-electron chi connectivity index (χ0n) is 15.3. The molecule has 0 aliphatic carbocycles. The Bertz CT molecular complexity index is 1060. The molecule has 12 N–H and O–H groups in total. The van der Waals surface area contributed by atoms with E-state index in [0.29, 0.717) is 17.1 Å². The SMILES string of the molecule is CN1/C(=C/c2ccc(-c3c(N)c(N)c(N)c(N)c3N)o2)N(N)c2ccccc21. The number of hydrogen-bond donors (Lipinski definition) is 6. The molecule has 1 aliphatic rings. The minimum atomic E-state index is 0.164. The molecule has 3 aromatic rings. The Balaban J connectivity index is 1.76. The number of fused-ring (bicyclic) bond motifs is 1. The third-order valence-electron chi connectivity index (χ3n) is 4.94. The van der Waals surface area contributed by atoms with Gasteiger partial charge in [-0.1, -0.05) is 12.1 Å². The second kappa shape index (κ2) is 6.03. The van der Waals surface area contributed by atoms with Gasteiger partial charge in [-0.3, -0.25) is 5.01 Å². The zero-order chi connectivity index (χ0) is 20.2. The van der Waals surface area contributed by atoms with E-state index in [1.165, 1.54) is 0 Å². The van der Waals surface area contributed by atoms with Crippen LogP contribution in [0.25, 0.3) is 17.4 Å². The number of rotatable bonds is 2. The fraction of sp³-hybridized carbons (Fsp3) is 0.0526. The van der Waals surface area contributed by atoms with Gasteiger partial charge >= 0.3 is 0 Å². The molecule has 2 aromatic carbocycles. The predicted molar refractivity (Wildman–Crippen MR) is 116 cm³/mol. The molecule has 1 aromatic heterocycles. The Morgan fingerprint density at radius 1 is 0.786 bits per heavy atom. The van der Waals surface area contributed by atoms with Crippen LogP contribution in [0.4, 0.5) is 39.8 Å². The largest absolute Gasteiger partial charge is 0.456 e. The van der Waals surface area contributed by atoms with Crippen molar-refractivity contribution in [2.75, 3.05) is 45.6 Å². The number of anilines is 7. The van der Waals surface area contributed by atoms with Gasteiger partial charge in [0.1, 0.15) is 17.3 Å². The zero-order valence-corrected chi connectivity index (χ0v) is 15.3. The lowest BCUT2D eigenvalue weighted by atomic mass is 10.0.